The summed E-state index contributed by atoms with van der Waals surface area (Å²) in [6, 6.07) is 10.1. The van der Waals surface area contributed by atoms with Gasteiger partial charge in [0.05, 0.1) is 0 Å². The predicted octanol–water partition coefficient (Wildman–Crippen LogP) is 3.39. The van der Waals surface area contributed by atoms with E-state index in [1.165, 1.54) is 37.8 Å². The Morgan fingerprint density at radius 1 is 1.20 bits per heavy atom. The molecule has 132 valence electrons. The van der Waals surface area contributed by atoms with E-state index < -0.39 is 0 Å². The normalized spacial score (nSPS) is 21.3. The highest BCUT2D eigenvalue weighted by Gasteiger charge is 2.30. The second kappa shape index (κ2) is 7.12. The van der Waals surface area contributed by atoms with Gasteiger partial charge in [-0.2, -0.15) is 0 Å². The Morgan fingerprint density at radius 2 is 1.96 bits per heavy atom. The summed E-state index contributed by atoms with van der Waals surface area (Å²) >= 11 is 0. The number of aryl methyl sites for hydroxylation is 2. The van der Waals surface area contributed by atoms with Gasteiger partial charge in [0, 0.05) is 30.4 Å². The number of nitrogens with one attached hydrogen (secondary N) is 1. The molecule has 4 nitrogen and oxygen atoms in total. The van der Waals surface area contributed by atoms with Crippen LogP contribution in [0.25, 0.3) is 0 Å². The molecule has 1 aromatic heterocycles. The number of piperidine rings is 1. The van der Waals surface area contributed by atoms with Crippen molar-refractivity contribution >= 4 is 5.82 Å². The summed E-state index contributed by atoms with van der Waals surface area (Å²) in [5.74, 6) is 1.88. The van der Waals surface area contributed by atoms with Gasteiger partial charge in [-0.15, -0.1) is 0 Å². The molecule has 4 rings (SSSR count). The lowest BCUT2D eigenvalue weighted by molar-refractivity contribution is 0.158. The summed E-state index contributed by atoms with van der Waals surface area (Å²) in [6.45, 7) is 6.47. The van der Waals surface area contributed by atoms with E-state index >= 15 is 0 Å². The van der Waals surface area contributed by atoms with Gasteiger partial charge in [0.1, 0.15) is 11.6 Å². The fourth-order valence-corrected chi connectivity index (χ4v) is 4.32. The van der Waals surface area contributed by atoms with E-state index in [0.717, 1.165) is 24.6 Å². The number of nitrogens with zero attached hydrogens (tertiary/aromatic N) is 3. The third-order valence-corrected chi connectivity index (χ3v) is 5.71. The Morgan fingerprint density at radius 3 is 2.68 bits per heavy atom. The van der Waals surface area contributed by atoms with Gasteiger partial charge in [0.15, 0.2) is 0 Å². The second-order valence-electron chi connectivity index (χ2n) is 7.45. The highest BCUT2D eigenvalue weighted by Crippen LogP contribution is 2.28. The van der Waals surface area contributed by atoms with E-state index in [9.17, 15) is 0 Å². The highest BCUT2D eigenvalue weighted by molar-refractivity contribution is 5.44. The number of anilines is 1. The Labute approximate surface area is 150 Å². The van der Waals surface area contributed by atoms with Crippen molar-refractivity contribution in [2.75, 3.05) is 18.4 Å². The van der Waals surface area contributed by atoms with Crippen LogP contribution in [0.1, 0.15) is 42.3 Å². The van der Waals surface area contributed by atoms with E-state index in [2.05, 4.69) is 51.4 Å². The van der Waals surface area contributed by atoms with Crippen molar-refractivity contribution < 1.29 is 0 Å². The van der Waals surface area contributed by atoms with E-state index in [1.807, 2.05) is 13.1 Å². The minimum Gasteiger partial charge on any atom is -0.366 e. The lowest BCUT2D eigenvalue weighted by Gasteiger charge is -2.37. The molecule has 4 heteroatoms. The fraction of sp³-hybridized carbons (Fsp3) is 0.524. The highest BCUT2D eigenvalue weighted by atomic mass is 15.2. The van der Waals surface area contributed by atoms with Crippen molar-refractivity contribution in [3.8, 4) is 0 Å². The van der Waals surface area contributed by atoms with Crippen molar-refractivity contribution in [3.05, 3.63) is 53.0 Å². The molecular weight excluding hydrogens is 308 g/mol. The van der Waals surface area contributed by atoms with E-state index in [4.69, 9.17) is 0 Å². The Bertz CT molecular complexity index is 717. The first-order chi connectivity index (χ1) is 12.2. The summed E-state index contributed by atoms with van der Waals surface area (Å²) in [5, 5.41) is 3.72. The SMILES string of the molecule is CCc1cnc(C)nc1NC1CCCN(C2Cc3ccccc3C2)C1. The first kappa shape index (κ1) is 16.5. The first-order valence-corrected chi connectivity index (χ1v) is 9.63. The minimum atomic E-state index is 0.483. The standard InChI is InChI=1S/C21H28N4/c1-3-16-13-22-15(2)23-21(16)24-19-9-6-10-25(14-19)20-11-17-7-4-5-8-18(17)12-20/h4-5,7-8,13,19-20H,3,6,9-12,14H2,1-2H3,(H,22,23,24). The molecule has 1 atom stereocenters. The summed E-state index contributed by atoms with van der Waals surface area (Å²) in [6.07, 6.45) is 7.83. The Hall–Kier alpha value is -1.94. The van der Waals surface area contributed by atoms with Gasteiger partial charge < -0.3 is 5.32 Å². The van der Waals surface area contributed by atoms with Crippen molar-refractivity contribution in [3.63, 3.8) is 0 Å². The lowest BCUT2D eigenvalue weighted by atomic mass is 10.0. The fourth-order valence-electron chi connectivity index (χ4n) is 4.32. The quantitative estimate of drug-likeness (QED) is 0.929. The lowest BCUT2D eigenvalue weighted by Crippen LogP contribution is -2.47. The van der Waals surface area contributed by atoms with Crippen molar-refractivity contribution in [2.24, 2.45) is 0 Å². The summed E-state index contributed by atoms with van der Waals surface area (Å²) in [4.78, 5) is 11.7. The third kappa shape index (κ3) is 3.54. The van der Waals surface area contributed by atoms with Gasteiger partial charge in [-0.3, -0.25) is 4.90 Å². The van der Waals surface area contributed by atoms with Crippen molar-refractivity contribution in [1.29, 1.82) is 0 Å². The molecule has 2 heterocycles. The molecule has 0 spiro atoms. The Kier molecular flexibility index (Phi) is 4.71. The van der Waals surface area contributed by atoms with Crippen LogP contribution in [0.5, 0.6) is 0 Å². The van der Waals surface area contributed by atoms with E-state index in [1.54, 1.807) is 11.1 Å². The number of hydrogen-bond acceptors (Lipinski definition) is 4. The molecule has 0 amide bonds. The number of likely N-dealkylation sites (tertiary alicyclic amines) is 1. The Balaban J connectivity index is 1.43. The average molecular weight is 336 g/mol. The maximum absolute atomic E-state index is 4.65. The van der Waals surface area contributed by atoms with Gasteiger partial charge in [0.25, 0.3) is 0 Å². The van der Waals surface area contributed by atoms with Crippen LogP contribution in [-0.2, 0) is 19.3 Å². The summed E-state index contributed by atoms with van der Waals surface area (Å²) in [5.41, 5.74) is 4.31. The molecule has 1 N–H and O–H groups in total. The zero-order chi connectivity index (χ0) is 17.2. The summed E-state index contributed by atoms with van der Waals surface area (Å²) in [7, 11) is 0. The predicted molar refractivity (Wildman–Crippen MR) is 102 cm³/mol. The largest absolute Gasteiger partial charge is 0.366 e. The zero-order valence-electron chi connectivity index (χ0n) is 15.3. The molecule has 0 radical (unpaired) electrons. The van der Waals surface area contributed by atoms with Gasteiger partial charge in [-0.1, -0.05) is 31.2 Å². The van der Waals surface area contributed by atoms with Crippen LogP contribution < -0.4 is 5.32 Å². The monoisotopic (exact) mass is 336 g/mol. The van der Waals surface area contributed by atoms with Gasteiger partial charge in [-0.25, -0.2) is 9.97 Å². The molecule has 0 bridgehead atoms. The minimum absolute atomic E-state index is 0.483. The molecule has 1 aromatic carbocycles. The van der Waals surface area contributed by atoms with E-state index in [0.29, 0.717) is 12.1 Å². The van der Waals surface area contributed by atoms with Gasteiger partial charge in [-0.05, 0) is 56.7 Å². The van der Waals surface area contributed by atoms with Crippen LogP contribution in [0, 0.1) is 6.92 Å². The van der Waals surface area contributed by atoms with Crippen LogP contribution in [0.2, 0.25) is 0 Å². The van der Waals surface area contributed by atoms with Crippen molar-refractivity contribution in [2.45, 2.75) is 58.0 Å². The number of hydrogen-bond donors (Lipinski definition) is 1. The zero-order valence-corrected chi connectivity index (χ0v) is 15.3. The number of fused-ring (bicyclic) bond motifs is 1. The van der Waals surface area contributed by atoms with E-state index in [-0.39, 0.29) is 0 Å². The molecule has 1 aliphatic heterocycles. The molecule has 25 heavy (non-hydrogen) atoms. The van der Waals surface area contributed by atoms with Crippen LogP contribution in [0.4, 0.5) is 5.82 Å². The average Bonchev–Trinajstić information content (AvgIpc) is 3.06. The molecule has 1 aliphatic carbocycles. The van der Waals surface area contributed by atoms with Crippen LogP contribution in [0.3, 0.4) is 0 Å². The van der Waals surface area contributed by atoms with Crippen LogP contribution in [0.15, 0.2) is 30.5 Å². The smallest absolute Gasteiger partial charge is 0.133 e. The molecule has 2 aromatic rings. The summed E-state index contributed by atoms with van der Waals surface area (Å²) < 4.78 is 0. The first-order valence-electron chi connectivity index (χ1n) is 9.63. The molecule has 1 fully saturated rings. The third-order valence-electron chi connectivity index (χ3n) is 5.71. The van der Waals surface area contributed by atoms with Gasteiger partial charge in [0.2, 0.25) is 0 Å². The van der Waals surface area contributed by atoms with Crippen LogP contribution in [-0.4, -0.2) is 40.0 Å². The number of rotatable bonds is 4. The molecule has 1 saturated heterocycles. The number of benzene rings is 1. The molecule has 2 aliphatic rings. The van der Waals surface area contributed by atoms with Crippen LogP contribution >= 0.6 is 0 Å². The van der Waals surface area contributed by atoms with Gasteiger partial charge >= 0.3 is 0 Å². The molecule has 1 unspecified atom stereocenters. The molecular formula is C21H28N4. The maximum Gasteiger partial charge on any atom is 0.133 e. The second-order valence-corrected chi connectivity index (χ2v) is 7.45. The maximum atomic E-state index is 4.65. The topological polar surface area (TPSA) is 41.1 Å². The van der Waals surface area contributed by atoms with Crippen molar-refractivity contribution in [1.82, 2.24) is 14.9 Å². The number of aromatic nitrogens is 2. The molecule has 0 saturated carbocycles.